The smallest absolute Gasteiger partial charge is 0.193 e. The van der Waals surface area contributed by atoms with Gasteiger partial charge in [0.1, 0.15) is 57.0 Å². The molecule has 0 saturated carbocycles. The Bertz CT molecular complexity index is 1580. The van der Waals surface area contributed by atoms with E-state index in [1.165, 1.54) is 31.2 Å². The van der Waals surface area contributed by atoms with E-state index in [1.54, 1.807) is 38.1 Å². The molecule has 6 N–H and O–H groups in total. The monoisotopic (exact) mass is 532 g/mol. The fraction of sp³-hybridized carbons (Fsp3) is 0.200. The lowest BCUT2D eigenvalue weighted by molar-refractivity contribution is 0.100. The summed E-state index contributed by atoms with van der Waals surface area (Å²) in [5, 5.41) is 63.7. The van der Waals surface area contributed by atoms with Crippen LogP contribution in [0.2, 0.25) is 0 Å². The second kappa shape index (κ2) is 9.75. The molecule has 1 aliphatic heterocycles. The quantitative estimate of drug-likeness (QED) is 0.187. The number of rotatable bonds is 6. The Hall–Kier alpha value is -4.92. The number of ketones is 2. The first-order valence-electron chi connectivity index (χ1n) is 12.0. The summed E-state index contributed by atoms with van der Waals surface area (Å²) >= 11 is 0. The third-order valence-electron chi connectivity index (χ3n) is 6.58. The van der Waals surface area contributed by atoms with Crippen molar-refractivity contribution in [1.82, 2.24) is 0 Å². The number of benzene rings is 3. The van der Waals surface area contributed by atoms with E-state index in [0.717, 1.165) is 6.92 Å². The third-order valence-corrected chi connectivity index (χ3v) is 6.58. The van der Waals surface area contributed by atoms with Crippen molar-refractivity contribution in [3.8, 4) is 40.2 Å². The molecule has 1 aliphatic rings. The standard InChI is InChI=1S/C30H28O9/c1-14-24(34)19(27(37)22(15(2)31)25(14)35)13-20-26(36)18-11-12-30(3,4)39-29(18)23(28(20)38)21(33)10-7-16-5-8-17(32)9-6-16/h5-12,32,34-38H,13H2,1-4H3/b10-7+. The molecule has 0 fully saturated rings. The number of carbonyl (C=O) groups is 2. The predicted octanol–water partition coefficient (Wildman–Crippen LogP) is 5.10. The van der Waals surface area contributed by atoms with Crippen LogP contribution >= 0.6 is 0 Å². The molecule has 9 heteroatoms. The van der Waals surface area contributed by atoms with E-state index < -0.39 is 57.9 Å². The summed E-state index contributed by atoms with van der Waals surface area (Å²) in [7, 11) is 0. The van der Waals surface area contributed by atoms with Crippen LogP contribution < -0.4 is 4.74 Å². The summed E-state index contributed by atoms with van der Waals surface area (Å²) in [5.41, 5.74) is -1.38. The van der Waals surface area contributed by atoms with Gasteiger partial charge in [-0.25, -0.2) is 0 Å². The molecule has 0 aliphatic carbocycles. The first-order valence-corrected chi connectivity index (χ1v) is 12.0. The minimum atomic E-state index is -0.871. The molecular weight excluding hydrogens is 504 g/mol. The van der Waals surface area contributed by atoms with Crippen LogP contribution in [0.3, 0.4) is 0 Å². The van der Waals surface area contributed by atoms with Gasteiger partial charge in [-0.15, -0.1) is 0 Å². The van der Waals surface area contributed by atoms with Crippen molar-refractivity contribution in [3.05, 3.63) is 75.4 Å². The first kappa shape index (κ1) is 27.1. The molecule has 0 spiro atoms. The van der Waals surface area contributed by atoms with Crippen molar-refractivity contribution in [2.24, 2.45) is 0 Å². The van der Waals surface area contributed by atoms with Crippen molar-refractivity contribution in [3.63, 3.8) is 0 Å². The molecule has 0 bridgehead atoms. The minimum Gasteiger partial charge on any atom is -0.508 e. The van der Waals surface area contributed by atoms with Crippen molar-refractivity contribution in [2.45, 2.75) is 39.7 Å². The van der Waals surface area contributed by atoms with Gasteiger partial charge in [-0.05, 0) is 63.6 Å². The van der Waals surface area contributed by atoms with E-state index in [4.69, 9.17) is 4.74 Å². The summed E-state index contributed by atoms with van der Waals surface area (Å²) in [5.74, 6) is -4.28. The van der Waals surface area contributed by atoms with Crippen LogP contribution in [0, 0.1) is 6.92 Å². The van der Waals surface area contributed by atoms with Crippen molar-refractivity contribution in [2.75, 3.05) is 0 Å². The summed E-state index contributed by atoms with van der Waals surface area (Å²) in [4.78, 5) is 25.5. The molecule has 1 heterocycles. The lowest BCUT2D eigenvalue weighted by atomic mass is 9.89. The lowest BCUT2D eigenvalue weighted by Gasteiger charge is -2.30. The SMILES string of the molecule is CC(=O)c1c(O)c(C)c(O)c(Cc2c(O)c3c(c(C(=O)/C=C/c4ccc(O)cc4)c2O)OC(C)(C)C=C3)c1O. The highest BCUT2D eigenvalue weighted by molar-refractivity contribution is 6.12. The van der Waals surface area contributed by atoms with Gasteiger partial charge >= 0.3 is 0 Å². The van der Waals surface area contributed by atoms with Crippen LogP contribution in [-0.4, -0.2) is 47.8 Å². The van der Waals surface area contributed by atoms with E-state index in [0.29, 0.717) is 5.56 Å². The highest BCUT2D eigenvalue weighted by Gasteiger charge is 2.34. The molecular formula is C30H28O9. The summed E-state index contributed by atoms with van der Waals surface area (Å²) in [6, 6.07) is 6.08. The first-order chi connectivity index (χ1) is 18.2. The zero-order valence-corrected chi connectivity index (χ0v) is 21.7. The van der Waals surface area contributed by atoms with E-state index in [9.17, 15) is 40.2 Å². The molecule has 0 amide bonds. The van der Waals surface area contributed by atoms with Gasteiger partial charge < -0.3 is 35.4 Å². The molecule has 202 valence electrons. The average molecular weight is 533 g/mol. The van der Waals surface area contributed by atoms with Crippen molar-refractivity contribution < 1.29 is 45.0 Å². The van der Waals surface area contributed by atoms with Gasteiger partial charge in [-0.2, -0.15) is 0 Å². The summed E-state index contributed by atoms with van der Waals surface area (Å²) < 4.78 is 5.97. The predicted molar refractivity (Wildman–Crippen MR) is 144 cm³/mol. The molecule has 0 unspecified atom stereocenters. The number of Topliss-reactive ketones (excluding diaryl/α,β-unsaturated/α-hetero) is 1. The molecule has 0 radical (unpaired) electrons. The van der Waals surface area contributed by atoms with Gasteiger partial charge in [0.25, 0.3) is 0 Å². The van der Waals surface area contributed by atoms with Crippen LogP contribution in [0.15, 0.2) is 36.4 Å². The Labute approximate surface area is 224 Å². The maximum Gasteiger partial charge on any atom is 0.193 e. The molecule has 9 nitrogen and oxygen atoms in total. The summed E-state index contributed by atoms with van der Waals surface area (Å²) in [6.07, 6.45) is 5.38. The fourth-order valence-electron chi connectivity index (χ4n) is 4.43. The zero-order valence-electron chi connectivity index (χ0n) is 21.7. The van der Waals surface area contributed by atoms with Gasteiger partial charge in [0, 0.05) is 23.1 Å². The Kier molecular flexibility index (Phi) is 6.78. The second-order valence-electron chi connectivity index (χ2n) is 9.88. The molecule has 0 atom stereocenters. The molecule has 39 heavy (non-hydrogen) atoms. The largest absolute Gasteiger partial charge is 0.508 e. The maximum atomic E-state index is 13.4. The number of phenols is 6. The van der Waals surface area contributed by atoms with E-state index in [1.807, 2.05) is 0 Å². The molecule has 0 saturated heterocycles. The van der Waals surface area contributed by atoms with Crippen LogP contribution in [0.5, 0.6) is 40.2 Å². The van der Waals surface area contributed by atoms with Gasteiger partial charge in [0.15, 0.2) is 11.6 Å². The number of aromatic hydroxyl groups is 6. The van der Waals surface area contributed by atoms with E-state index in [-0.39, 0.29) is 39.3 Å². The summed E-state index contributed by atoms with van der Waals surface area (Å²) in [6.45, 7) is 5.93. The molecule has 0 aromatic heterocycles. The highest BCUT2D eigenvalue weighted by Crippen LogP contribution is 2.50. The normalized spacial score (nSPS) is 13.7. The van der Waals surface area contributed by atoms with Crippen molar-refractivity contribution in [1.29, 1.82) is 0 Å². The van der Waals surface area contributed by atoms with E-state index >= 15 is 0 Å². The van der Waals surface area contributed by atoms with Crippen LogP contribution in [0.4, 0.5) is 0 Å². The zero-order chi connectivity index (χ0) is 28.8. The Morgan fingerprint density at radius 3 is 2.05 bits per heavy atom. The molecule has 3 aromatic rings. The molecule has 4 rings (SSSR count). The number of carbonyl (C=O) groups excluding carboxylic acids is 2. The van der Waals surface area contributed by atoms with Gasteiger partial charge in [-0.3, -0.25) is 9.59 Å². The van der Waals surface area contributed by atoms with Gasteiger partial charge in [0.2, 0.25) is 0 Å². The maximum absolute atomic E-state index is 13.4. The number of hydrogen-bond acceptors (Lipinski definition) is 9. The number of phenolic OH excluding ortho intramolecular Hbond substituents is 6. The topological polar surface area (TPSA) is 165 Å². The van der Waals surface area contributed by atoms with Gasteiger partial charge in [0.05, 0.1) is 5.56 Å². The Morgan fingerprint density at radius 2 is 1.44 bits per heavy atom. The second-order valence-corrected chi connectivity index (χ2v) is 9.88. The van der Waals surface area contributed by atoms with Crippen molar-refractivity contribution >= 4 is 23.7 Å². The number of hydrogen-bond donors (Lipinski definition) is 6. The van der Waals surface area contributed by atoms with Gasteiger partial charge in [-0.1, -0.05) is 18.2 Å². The number of ether oxygens (including phenoxy) is 1. The Morgan fingerprint density at radius 1 is 0.846 bits per heavy atom. The lowest BCUT2D eigenvalue weighted by Crippen LogP contribution is -2.28. The average Bonchev–Trinajstić information content (AvgIpc) is 2.86. The fourth-order valence-corrected chi connectivity index (χ4v) is 4.43. The Balaban J connectivity index is 1.92. The highest BCUT2D eigenvalue weighted by atomic mass is 16.5. The number of allylic oxidation sites excluding steroid dienone is 1. The van der Waals surface area contributed by atoms with E-state index in [2.05, 4.69) is 0 Å². The third kappa shape index (κ3) is 4.86. The molecule has 3 aromatic carbocycles. The van der Waals surface area contributed by atoms with Crippen LogP contribution in [0.25, 0.3) is 12.2 Å². The van der Waals surface area contributed by atoms with Crippen LogP contribution in [-0.2, 0) is 6.42 Å². The van der Waals surface area contributed by atoms with Crippen LogP contribution in [0.1, 0.15) is 69.3 Å². The number of fused-ring (bicyclic) bond motifs is 1. The minimum absolute atomic E-state index is 0.0543.